The molecule has 124 valence electrons. The molecule has 1 aliphatic rings. The van der Waals surface area contributed by atoms with Crippen molar-refractivity contribution in [1.82, 2.24) is 10.2 Å². The fraction of sp³-hybridized carbons (Fsp3) is 0.733. The Kier molecular flexibility index (Phi) is 5.47. The van der Waals surface area contributed by atoms with E-state index in [1.54, 1.807) is 17.8 Å². The lowest BCUT2D eigenvalue weighted by atomic mass is 9.84. The molecule has 7 heteroatoms. The van der Waals surface area contributed by atoms with Crippen LogP contribution < -0.4 is 5.73 Å². The lowest BCUT2D eigenvalue weighted by Crippen LogP contribution is -2.47. The second-order valence-corrected chi connectivity index (χ2v) is 13.7. The van der Waals surface area contributed by atoms with Gasteiger partial charge >= 0.3 is 0 Å². The molecule has 1 aromatic rings. The molecule has 0 atom stereocenters. The summed E-state index contributed by atoms with van der Waals surface area (Å²) in [5.41, 5.74) is 6.51. The fourth-order valence-electron chi connectivity index (χ4n) is 2.18. The lowest BCUT2D eigenvalue weighted by Gasteiger charge is -2.44. The van der Waals surface area contributed by atoms with Gasteiger partial charge in [-0.2, -0.15) is 0 Å². The van der Waals surface area contributed by atoms with E-state index >= 15 is 0 Å². The van der Waals surface area contributed by atoms with Crippen LogP contribution in [0.5, 0.6) is 0 Å². The second kappa shape index (κ2) is 6.67. The third-order valence-electron chi connectivity index (χ3n) is 4.67. The zero-order valence-electron chi connectivity index (χ0n) is 14.0. The summed E-state index contributed by atoms with van der Waals surface area (Å²) < 4.78 is 6.42. The minimum absolute atomic E-state index is 0.278. The highest BCUT2D eigenvalue weighted by molar-refractivity contribution is 7.99. The van der Waals surface area contributed by atoms with Gasteiger partial charge in [-0.3, -0.25) is 0 Å². The highest BCUT2D eigenvalue weighted by Crippen LogP contribution is 2.42. The number of thioether (sulfide) groups is 1. The van der Waals surface area contributed by atoms with Crippen molar-refractivity contribution < 1.29 is 4.43 Å². The third kappa shape index (κ3) is 4.37. The molecule has 22 heavy (non-hydrogen) atoms. The normalized spacial score (nSPS) is 22.5. The molecular formula is C15H26ClN3OSSi. The first-order chi connectivity index (χ1) is 10.1. The number of hydrogen-bond donors (Lipinski definition) is 1. The summed E-state index contributed by atoms with van der Waals surface area (Å²) in [6.07, 6.45) is 2.71. The van der Waals surface area contributed by atoms with E-state index in [1.165, 1.54) is 0 Å². The predicted octanol–water partition coefficient (Wildman–Crippen LogP) is 4.60. The van der Waals surface area contributed by atoms with Crippen LogP contribution in [-0.4, -0.2) is 30.4 Å². The minimum atomic E-state index is -1.63. The van der Waals surface area contributed by atoms with Gasteiger partial charge in [0, 0.05) is 17.9 Å². The highest BCUT2D eigenvalue weighted by atomic mass is 35.5. The zero-order chi connectivity index (χ0) is 16.5. The summed E-state index contributed by atoms with van der Waals surface area (Å²) in [5, 5.41) is 9.29. The molecule has 1 fully saturated rings. The van der Waals surface area contributed by atoms with E-state index < -0.39 is 8.32 Å². The van der Waals surface area contributed by atoms with Gasteiger partial charge in [0.2, 0.25) is 0 Å². The molecule has 1 saturated carbocycles. The van der Waals surface area contributed by atoms with Crippen LogP contribution in [0, 0.1) is 5.92 Å². The van der Waals surface area contributed by atoms with E-state index in [-0.39, 0.29) is 5.04 Å². The van der Waals surface area contributed by atoms with E-state index in [1.807, 2.05) is 0 Å². The van der Waals surface area contributed by atoms with Crippen LogP contribution in [0.2, 0.25) is 23.3 Å². The van der Waals surface area contributed by atoms with Crippen molar-refractivity contribution in [3.63, 3.8) is 0 Å². The molecule has 4 nitrogen and oxygen atoms in total. The van der Waals surface area contributed by atoms with E-state index in [9.17, 15) is 0 Å². The van der Waals surface area contributed by atoms with Crippen molar-refractivity contribution in [3.05, 3.63) is 11.2 Å². The Morgan fingerprint density at radius 3 is 2.55 bits per heavy atom. The average Bonchev–Trinajstić information content (AvgIpc) is 2.32. The SMILES string of the molecule is CC(C)(C)[Si](C)(C)OC1CC(CSc2nnc(Cl)cc2N)C1. The molecule has 0 spiro atoms. The summed E-state index contributed by atoms with van der Waals surface area (Å²) in [6, 6.07) is 1.65. The number of nitrogens with two attached hydrogens (primary N) is 1. The van der Waals surface area contributed by atoms with Crippen LogP contribution in [0.1, 0.15) is 33.6 Å². The smallest absolute Gasteiger partial charge is 0.192 e. The molecule has 1 heterocycles. The van der Waals surface area contributed by atoms with Gasteiger partial charge in [-0.15, -0.1) is 22.0 Å². The van der Waals surface area contributed by atoms with E-state index in [0.29, 0.717) is 22.9 Å². The number of rotatable bonds is 5. The molecule has 2 N–H and O–H groups in total. The molecule has 0 saturated heterocycles. The maximum absolute atomic E-state index is 6.42. The third-order valence-corrected chi connectivity index (χ3v) is 10.6. The molecular weight excluding hydrogens is 334 g/mol. The molecule has 0 bridgehead atoms. The van der Waals surface area contributed by atoms with Crippen LogP contribution in [0.15, 0.2) is 11.1 Å². The van der Waals surface area contributed by atoms with Crippen molar-refractivity contribution >= 4 is 37.4 Å². The Labute approximate surface area is 143 Å². The zero-order valence-corrected chi connectivity index (χ0v) is 16.6. The highest BCUT2D eigenvalue weighted by Gasteiger charge is 2.42. The Hall–Kier alpha value is -0.303. The average molecular weight is 360 g/mol. The Balaban J connectivity index is 1.76. The summed E-state index contributed by atoms with van der Waals surface area (Å²) in [6.45, 7) is 11.5. The topological polar surface area (TPSA) is 61.0 Å². The number of anilines is 1. The summed E-state index contributed by atoms with van der Waals surface area (Å²) >= 11 is 7.42. The molecule has 2 rings (SSSR count). The van der Waals surface area contributed by atoms with E-state index in [2.05, 4.69) is 44.1 Å². The Morgan fingerprint density at radius 1 is 1.36 bits per heavy atom. The van der Waals surface area contributed by atoms with Crippen molar-refractivity contribution in [1.29, 1.82) is 0 Å². The quantitative estimate of drug-likeness (QED) is 0.614. The van der Waals surface area contributed by atoms with Gasteiger partial charge in [0.1, 0.15) is 5.03 Å². The van der Waals surface area contributed by atoms with Crippen molar-refractivity contribution in [2.75, 3.05) is 11.5 Å². The first-order valence-electron chi connectivity index (χ1n) is 7.68. The summed E-state index contributed by atoms with van der Waals surface area (Å²) in [4.78, 5) is 0. The molecule has 0 radical (unpaired) electrons. The second-order valence-electron chi connectivity index (χ2n) is 7.58. The number of nitrogens with zero attached hydrogens (tertiary/aromatic N) is 2. The number of aromatic nitrogens is 2. The van der Waals surface area contributed by atoms with E-state index in [0.717, 1.165) is 23.6 Å². The molecule has 0 aromatic carbocycles. The standard InChI is InChI=1S/C15H26ClN3OSSi/c1-15(2,3)22(4,5)20-11-6-10(7-11)9-21-14-12(17)8-13(16)18-19-14/h8,10-11H,6-7,9H2,1-5H3,(H2,17,18). The van der Waals surface area contributed by atoms with E-state index in [4.69, 9.17) is 21.8 Å². The maximum atomic E-state index is 6.42. The summed E-state index contributed by atoms with van der Waals surface area (Å²) in [7, 11) is -1.63. The molecule has 1 aromatic heterocycles. The first kappa shape index (κ1) is 18.0. The molecule has 1 aliphatic carbocycles. The minimum Gasteiger partial charge on any atom is -0.414 e. The van der Waals surface area contributed by atoms with Gasteiger partial charge in [0.15, 0.2) is 13.5 Å². The van der Waals surface area contributed by atoms with Gasteiger partial charge in [0.25, 0.3) is 0 Å². The number of nitrogen functional groups attached to an aromatic ring is 1. The van der Waals surface area contributed by atoms with Crippen LogP contribution in [0.25, 0.3) is 0 Å². The predicted molar refractivity (Wildman–Crippen MR) is 97.0 cm³/mol. The van der Waals surface area contributed by atoms with Gasteiger partial charge in [0.05, 0.1) is 5.69 Å². The van der Waals surface area contributed by atoms with Crippen LogP contribution >= 0.6 is 23.4 Å². The van der Waals surface area contributed by atoms with Crippen molar-refractivity contribution in [2.45, 2.75) is 62.9 Å². The van der Waals surface area contributed by atoms with Crippen molar-refractivity contribution in [2.24, 2.45) is 5.92 Å². The number of halogens is 1. The van der Waals surface area contributed by atoms with Crippen LogP contribution in [0.3, 0.4) is 0 Å². The molecule has 0 unspecified atom stereocenters. The van der Waals surface area contributed by atoms with Crippen LogP contribution in [0.4, 0.5) is 5.69 Å². The van der Waals surface area contributed by atoms with Crippen LogP contribution in [-0.2, 0) is 4.43 Å². The van der Waals surface area contributed by atoms with Crippen molar-refractivity contribution in [3.8, 4) is 0 Å². The molecule has 0 aliphatic heterocycles. The maximum Gasteiger partial charge on any atom is 0.192 e. The molecule has 0 amide bonds. The summed E-state index contributed by atoms with van der Waals surface area (Å²) in [5.74, 6) is 1.69. The largest absolute Gasteiger partial charge is 0.414 e. The monoisotopic (exact) mass is 359 g/mol. The van der Waals surface area contributed by atoms with Gasteiger partial charge in [-0.05, 0) is 36.9 Å². The lowest BCUT2D eigenvalue weighted by molar-refractivity contribution is 0.0629. The van der Waals surface area contributed by atoms with Gasteiger partial charge in [-0.25, -0.2) is 0 Å². The first-order valence-corrected chi connectivity index (χ1v) is 11.9. The Bertz CT molecular complexity index is 530. The number of hydrogen-bond acceptors (Lipinski definition) is 5. The fourth-order valence-corrected chi connectivity index (χ4v) is 4.70. The van der Waals surface area contributed by atoms with Gasteiger partial charge in [-0.1, -0.05) is 32.4 Å². The Morgan fingerprint density at radius 2 is 2.00 bits per heavy atom. The van der Waals surface area contributed by atoms with Gasteiger partial charge < -0.3 is 10.2 Å².